The van der Waals surface area contributed by atoms with Crippen LogP contribution in [0.3, 0.4) is 0 Å². The van der Waals surface area contributed by atoms with E-state index in [9.17, 15) is 0 Å². The van der Waals surface area contributed by atoms with Crippen LogP contribution in [0.15, 0.2) is 0 Å². The molecule has 2 atom stereocenters. The van der Waals surface area contributed by atoms with Crippen LogP contribution < -0.4 is 5.73 Å². The molecule has 90 valence electrons. The molecule has 0 radical (unpaired) electrons. The van der Waals surface area contributed by atoms with Crippen molar-refractivity contribution in [3.05, 3.63) is 10.7 Å². The molecule has 1 fully saturated rings. The molecule has 2 unspecified atom stereocenters. The van der Waals surface area contributed by atoms with Crippen molar-refractivity contribution in [2.75, 3.05) is 5.73 Å². The minimum atomic E-state index is 0.615. The van der Waals surface area contributed by atoms with Crippen LogP contribution in [-0.4, -0.2) is 9.78 Å². The Morgan fingerprint density at radius 2 is 2.25 bits per heavy atom. The quantitative estimate of drug-likeness (QED) is 0.864. The maximum absolute atomic E-state index is 6.04. The highest BCUT2D eigenvalue weighted by Gasteiger charge is 2.21. The lowest BCUT2D eigenvalue weighted by molar-refractivity contribution is 0.251. The van der Waals surface area contributed by atoms with Crippen LogP contribution in [0.2, 0.25) is 5.02 Å². The Morgan fingerprint density at radius 3 is 2.81 bits per heavy atom. The van der Waals surface area contributed by atoms with Crippen molar-refractivity contribution in [1.82, 2.24) is 9.78 Å². The van der Waals surface area contributed by atoms with Crippen molar-refractivity contribution < 1.29 is 0 Å². The maximum Gasteiger partial charge on any atom is 0.140 e. The third-order valence-corrected chi connectivity index (χ3v) is 4.03. The molecule has 2 rings (SSSR count). The molecule has 1 heterocycles. The van der Waals surface area contributed by atoms with Crippen molar-refractivity contribution in [3.63, 3.8) is 0 Å². The van der Waals surface area contributed by atoms with E-state index in [1.165, 1.54) is 25.7 Å². The fraction of sp³-hybridized carbons (Fsp3) is 0.750. The summed E-state index contributed by atoms with van der Waals surface area (Å²) in [6.07, 6.45) is 5.28. The summed E-state index contributed by atoms with van der Waals surface area (Å²) in [6, 6.07) is 0. The summed E-state index contributed by atoms with van der Waals surface area (Å²) < 4.78 is 1.88. The van der Waals surface area contributed by atoms with Gasteiger partial charge in [0, 0.05) is 6.54 Å². The first-order chi connectivity index (χ1) is 7.58. The molecule has 0 aromatic carbocycles. The van der Waals surface area contributed by atoms with E-state index >= 15 is 0 Å². The van der Waals surface area contributed by atoms with Crippen LogP contribution in [0.4, 0.5) is 5.82 Å². The molecule has 0 spiro atoms. The molecular weight excluding hydrogens is 222 g/mol. The van der Waals surface area contributed by atoms with E-state index in [4.69, 9.17) is 17.3 Å². The smallest absolute Gasteiger partial charge is 0.140 e. The molecule has 0 saturated heterocycles. The summed E-state index contributed by atoms with van der Waals surface area (Å²) in [5, 5.41) is 5.00. The number of hydrogen-bond acceptors (Lipinski definition) is 2. The fourth-order valence-corrected chi connectivity index (χ4v) is 2.82. The predicted octanol–water partition coefficient (Wildman–Crippen LogP) is 3.25. The maximum atomic E-state index is 6.04. The van der Waals surface area contributed by atoms with E-state index in [0.29, 0.717) is 16.8 Å². The van der Waals surface area contributed by atoms with Crippen molar-refractivity contribution >= 4 is 17.4 Å². The number of nitrogens with two attached hydrogens (primary N) is 1. The van der Waals surface area contributed by atoms with E-state index in [1.54, 1.807) is 0 Å². The number of nitrogen functional groups attached to an aromatic ring is 1. The molecule has 16 heavy (non-hydrogen) atoms. The second-order valence-corrected chi connectivity index (χ2v) is 5.48. The highest BCUT2D eigenvalue weighted by Crippen LogP contribution is 2.31. The number of nitrogens with zero attached hydrogens (tertiary/aromatic N) is 2. The van der Waals surface area contributed by atoms with Gasteiger partial charge in [0.15, 0.2) is 0 Å². The van der Waals surface area contributed by atoms with Gasteiger partial charge in [-0.3, -0.25) is 0 Å². The normalized spacial score (nSPS) is 25.9. The zero-order chi connectivity index (χ0) is 11.7. The lowest BCUT2D eigenvalue weighted by atomic mass is 9.82. The Kier molecular flexibility index (Phi) is 3.43. The molecule has 4 heteroatoms. The second-order valence-electron chi connectivity index (χ2n) is 5.10. The van der Waals surface area contributed by atoms with Crippen molar-refractivity contribution in [2.24, 2.45) is 11.8 Å². The van der Waals surface area contributed by atoms with Gasteiger partial charge in [-0.05, 0) is 31.6 Å². The van der Waals surface area contributed by atoms with Crippen molar-refractivity contribution in [2.45, 2.75) is 46.1 Å². The molecule has 1 aromatic heterocycles. The Morgan fingerprint density at radius 1 is 1.50 bits per heavy atom. The van der Waals surface area contributed by atoms with Crippen LogP contribution >= 0.6 is 11.6 Å². The summed E-state index contributed by atoms with van der Waals surface area (Å²) in [6.45, 7) is 5.15. The SMILES string of the molecule is Cc1nn(CC2CCCC(C)C2)c(N)c1Cl. The number of anilines is 1. The number of hydrogen-bond donors (Lipinski definition) is 1. The van der Waals surface area contributed by atoms with Gasteiger partial charge in [-0.25, -0.2) is 4.68 Å². The van der Waals surface area contributed by atoms with Gasteiger partial charge in [0.25, 0.3) is 0 Å². The van der Waals surface area contributed by atoms with Crippen LogP contribution in [0.1, 0.15) is 38.3 Å². The summed E-state index contributed by atoms with van der Waals surface area (Å²) in [7, 11) is 0. The molecule has 2 N–H and O–H groups in total. The molecule has 3 nitrogen and oxygen atoms in total. The number of aromatic nitrogens is 2. The third kappa shape index (κ3) is 2.34. The molecule has 0 amide bonds. The average molecular weight is 242 g/mol. The predicted molar refractivity (Wildman–Crippen MR) is 67.5 cm³/mol. The lowest BCUT2D eigenvalue weighted by Gasteiger charge is -2.26. The highest BCUT2D eigenvalue weighted by atomic mass is 35.5. The van der Waals surface area contributed by atoms with Crippen LogP contribution in [0.25, 0.3) is 0 Å². The number of aryl methyl sites for hydroxylation is 1. The van der Waals surface area contributed by atoms with Crippen LogP contribution in [0, 0.1) is 18.8 Å². The van der Waals surface area contributed by atoms with E-state index in [2.05, 4.69) is 12.0 Å². The Labute approximate surface area is 102 Å². The number of halogens is 1. The highest BCUT2D eigenvalue weighted by molar-refractivity contribution is 6.33. The Hall–Kier alpha value is -0.700. The zero-order valence-corrected chi connectivity index (χ0v) is 10.8. The molecule has 0 aliphatic heterocycles. The van der Waals surface area contributed by atoms with Gasteiger partial charge in [0.2, 0.25) is 0 Å². The van der Waals surface area contributed by atoms with E-state index in [1.807, 2.05) is 11.6 Å². The molecule has 1 aliphatic carbocycles. The summed E-state index contributed by atoms with van der Waals surface area (Å²) in [5.74, 6) is 2.17. The van der Waals surface area contributed by atoms with Gasteiger partial charge in [-0.2, -0.15) is 5.10 Å². The summed E-state index contributed by atoms with van der Waals surface area (Å²) in [5.41, 5.74) is 6.76. The Bertz CT molecular complexity index is 373. The zero-order valence-electron chi connectivity index (χ0n) is 10.0. The first-order valence-corrected chi connectivity index (χ1v) is 6.44. The topological polar surface area (TPSA) is 43.8 Å². The van der Waals surface area contributed by atoms with E-state index < -0.39 is 0 Å². The Balaban J connectivity index is 2.05. The lowest BCUT2D eigenvalue weighted by Crippen LogP contribution is -2.20. The summed E-state index contributed by atoms with van der Waals surface area (Å²) >= 11 is 6.04. The first kappa shape index (κ1) is 11.8. The standard InChI is InChI=1S/C12H20ClN3/c1-8-4-3-5-10(6-8)7-16-12(14)11(13)9(2)15-16/h8,10H,3-7,14H2,1-2H3. The first-order valence-electron chi connectivity index (χ1n) is 6.06. The molecular formula is C12H20ClN3. The minimum Gasteiger partial charge on any atom is -0.383 e. The second kappa shape index (κ2) is 4.66. The van der Waals surface area contributed by atoms with Gasteiger partial charge in [-0.15, -0.1) is 0 Å². The molecule has 1 aliphatic rings. The third-order valence-electron chi connectivity index (χ3n) is 3.57. The number of rotatable bonds is 2. The van der Waals surface area contributed by atoms with Crippen LogP contribution in [0.5, 0.6) is 0 Å². The van der Waals surface area contributed by atoms with Crippen LogP contribution in [-0.2, 0) is 6.54 Å². The fourth-order valence-electron chi connectivity index (χ4n) is 2.69. The van der Waals surface area contributed by atoms with E-state index in [-0.39, 0.29) is 0 Å². The van der Waals surface area contributed by atoms with Gasteiger partial charge in [0.05, 0.1) is 5.69 Å². The van der Waals surface area contributed by atoms with E-state index in [0.717, 1.165) is 18.2 Å². The minimum absolute atomic E-state index is 0.615. The van der Waals surface area contributed by atoms with Crippen molar-refractivity contribution in [1.29, 1.82) is 0 Å². The molecule has 0 bridgehead atoms. The van der Waals surface area contributed by atoms with Gasteiger partial charge < -0.3 is 5.73 Å². The van der Waals surface area contributed by atoms with Gasteiger partial charge in [0.1, 0.15) is 10.8 Å². The average Bonchev–Trinajstić information content (AvgIpc) is 2.47. The van der Waals surface area contributed by atoms with Gasteiger partial charge in [-0.1, -0.05) is 31.4 Å². The summed E-state index contributed by atoms with van der Waals surface area (Å²) in [4.78, 5) is 0. The molecule has 1 saturated carbocycles. The largest absolute Gasteiger partial charge is 0.383 e. The van der Waals surface area contributed by atoms with Gasteiger partial charge >= 0.3 is 0 Å². The van der Waals surface area contributed by atoms with Crippen molar-refractivity contribution in [3.8, 4) is 0 Å². The monoisotopic (exact) mass is 241 g/mol. The molecule has 1 aromatic rings.